The summed E-state index contributed by atoms with van der Waals surface area (Å²) >= 11 is 0. The van der Waals surface area contributed by atoms with Gasteiger partial charge in [-0.15, -0.1) is 0 Å². The number of amides is 1. The summed E-state index contributed by atoms with van der Waals surface area (Å²) in [6, 6.07) is 0.0759. The van der Waals surface area contributed by atoms with Gasteiger partial charge in [-0.05, 0) is 33.6 Å². The fourth-order valence-corrected chi connectivity index (χ4v) is 3.07. The molecule has 1 atom stereocenters. The molecule has 0 bridgehead atoms. The van der Waals surface area contributed by atoms with Crippen LogP contribution in [-0.4, -0.2) is 56.1 Å². The molecule has 0 spiro atoms. The van der Waals surface area contributed by atoms with Gasteiger partial charge in [0, 0.05) is 25.2 Å². The molecule has 6 nitrogen and oxygen atoms in total. The number of hydrogen-bond donors (Lipinski definition) is 2. The zero-order valence-electron chi connectivity index (χ0n) is 12.1. The molecule has 112 valence electrons. The number of nitrogens with zero attached hydrogens (tertiary/aromatic N) is 1. The van der Waals surface area contributed by atoms with E-state index in [-0.39, 0.29) is 24.0 Å². The Labute approximate surface area is 116 Å². The Hall–Kier alpha value is -0.660. The van der Waals surface area contributed by atoms with Crippen molar-refractivity contribution in [2.24, 2.45) is 0 Å². The number of nitrogens with one attached hydrogen (secondary N) is 2. The lowest BCUT2D eigenvalue weighted by Gasteiger charge is -2.32. The maximum Gasteiger partial charge on any atom is 0.237 e. The van der Waals surface area contributed by atoms with Crippen LogP contribution in [0.5, 0.6) is 0 Å². The first-order valence-electron chi connectivity index (χ1n) is 6.71. The summed E-state index contributed by atoms with van der Waals surface area (Å²) in [5, 5.41) is 6.12. The highest BCUT2D eigenvalue weighted by Gasteiger charge is 2.26. The predicted molar refractivity (Wildman–Crippen MR) is 75.3 cm³/mol. The van der Waals surface area contributed by atoms with Gasteiger partial charge in [-0.25, -0.2) is 12.7 Å². The van der Waals surface area contributed by atoms with Crippen LogP contribution < -0.4 is 10.6 Å². The molecule has 1 heterocycles. The van der Waals surface area contributed by atoms with E-state index in [1.807, 2.05) is 20.8 Å². The molecule has 0 radical (unpaired) electrons. The summed E-state index contributed by atoms with van der Waals surface area (Å²) in [4.78, 5) is 11.8. The number of piperidine rings is 1. The molecule has 0 aromatic rings. The van der Waals surface area contributed by atoms with Crippen LogP contribution in [0.3, 0.4) is 0 Å². The van der Waals surface area contributed by atoms with Crippen molar-refractivity contribution in [3.63, 3.8) is 0 Å². The van der Waals surface area contributed by atoms with Gasteiger partial charge in [0.2, 0.25) is 15.9 Å². The van der Waals surface area contributed by atoms with Crippen molar-refractivity contribution in [3.05, 3.63) is 0 Å². The van der Waals surface area contributed by atoms with Gasteiger partial charge in [0.05, 0.1) is 12.3 Å². The van der Waals surface area contributed by atoms with Gasteiger partial charge in [-0.3, -0.25) is 4.79 Å². The van der Waals surface area contributed by atoms with E-state index in [0.29, 0.717) is 13.1 Å². The Morgan fingerprint density at radius 1 is 1.21 bits per heavy atom. The lowest BCUT2D eigenvalue weighted by Crippen LogP contribution is -2.51. The first kappa shape index (κ1) is 16.4. The molecule has 1 saturated heterocycles. The molecule has 1 unspecified atom stereocenters. The van der Waals surface area contributed by atoms with Crippen LogP contribution in [0.4, 0.5) is 0 Å². The van der Waals surface area contributed by atoms with Crippen molar-refractivity contribution in [3.8, 4) is 0 Å². The van der Waals surface area contributed by atoms with Crippen molar-refractivity contribution < 1.29 is 13.2 Å². The number of rotatable bonds is 5. The highest BCUT2D eigenvalue weighted by Crippen LogP contribution is 2.13. The molecule has 0 aromatic heterocycles. The van der Waals surface area contributed by atoms with E-state index in [4.69, 9.17) is 0 Å². The van der Waals surface area contributed by atoms with Gasteiger partial charge in [0.1, 0.15) is 0 Å². The molecule has 1 rings (SSSR count). The largest absolute Gasteiger partial charge is 0.353 e. The summed E-state index contributed by atoms with van der Waals surface area (Å²) < 4.78 is 24.3. The summed E-state index contributed by atoms with van der Waals surface area (Å²) in [7, 11) is -3.08. The Morgan fingerprint density at radius 3 is 2.16 bits per heavy atom. The van der Waals surface area contributed by atoms with E-state index in [9.17, 15) is 13.2 Å². The van der Waals surface area contributed by atoms with Crippen molar-refractivity contribution in [2.75, 3.05) is 19.3 Å². The van der Waals surface area contributed by atoms with Gasteiger partial charge in [0.25, 0.3) is 0 Å². The maximum absolute atomic E-state index is 11.8. The van der Waals surface area contributed by atoms with Crippen molar-refractivity contribution in [2.45, 2.75) is 51.7 Å². The summed E-state index contributed by atoms with van der Waals surface area (Å²) in [5.74, 6) is -0.0134. The second-order valence-corrected chi connectivity index (χ2v) is 7.47. The Bertz CT molecular complexity index is 400. The molecular formula is C12H25N3O3S. The SMILES string of the molecule is CC(C)NC(=O)C(C)NC1CCN(S(C)(=O)=O)CC1. The van der Waals surface area contributed by atoms with Gasteiger partial charge in [-0.1, -0.05) is 0 Å². The van der Waals surface area contributed by atoms with Crippen LogP contribution in [0.15, 0.2) is 0 Å². The number of hydrogen-bond acceptors (Lipinski definition) is 4. The standard InChI is InChI=1S/C12H25N3O3S/c1-9(2)13-12(16)10(3)14-11-5-7-15(8-6-11)19(4,17)18/h9-11,14H,5-8H2,1-4H3,(H,13,16). The van der Waals surface area contributed by atoms with Crippen LogP contribution in [0.1, 0.15) is 33.6 Å². The van der Waals surface area contributed by atoms with E-state index in [0.717, 1.165) is 12.8 Å². The molecule has 0 saturated carbocycles. The van der Waals surface area contributed by atoms with Crippen molar-refractivity contribution in [1.82, 2.24) is 14.9 Å². The molecule has 0 aromatic carbocycles. The monoisotopic (exact) mass is 291 g/mol. The van der Waals surface area contributed by atoms with Gasteiger partial charge >= 0.3 is 0 Å². The van der Waals surface area contributed by atoms with E-state index >= 15 is 0 Å². The number of sulfonamides is 1. The molecular weight excluding hydrogens is 266 g/mol. The van der Waals surface area contributed by atoms with Gasteiger partial charge in [-0.2, -0.15) is 0 Å². The van der Waals surface area contributed by atoms with Crippen molar-refractivity contribution >= 4 is 15.9 Å². The Balaban J connectivity index is 2.39. The molecule has 2 N–H and O–H groups in total. The highest BCUT2D eigenvalue weighted by atomic mass is 32.2. The molecule has 1 aliphatic heterocycles. The predicted octanol–water partition coefficient (Wildman–Crippen LogP) is -0.0869. The number of carbonyl (C=O) groups is 1. The van der Waals surface area contributed by atoms with E-state index in [1.165, 1.54) is 10.6 Å². The molecule has 19 heavy (non-hydrogen) atoms. The maximum atomic E-state index is 11.8. The lowest BCUT2D eigenvalue weighted by molar-refractivity contribution is -0.123. The normalized spacial score (nSPS) is 20.5. The van der Waals surface area contributed by atoms with Crippen LogP contribution in [0.25, 0.3) is 0 Å². The molecule has 1 fully saturated rings. The quantitative estimate of drug-likeness (QED) is 0.742. The molecule has 1 amide bonds. The van der Waals surface area contributed by atoms with Gasteiger partial charge in [0.15, 0.2) is 0 Å². The first-order chi connectivity index (χ1) is 8.70. The summed E-state index contributed by atoms with van der Waals surface area (Å²) in [6.45, 7) is 6.73. The van der Waals surface area contributed by atoms with Crippen LogP contribution >= 0.6 is 0 Å². The molecule has 1 aliphatic rings. The minimum absolute atomic E-state index is 0.0134. The third-order valence-electron chi connectivity index (χ3n) is 3.23. The molecule has 7 heteroatoms. The fraction of sp³-hybridized carbons (Fsp3) is 0.917. The van der Waals surface area contributed by atoms with Gasteiger partial charge < -0.3 is 10.6 Å². The summed E-state index contributed by atoms with van der Waals surface area (Å²) in [6.07, 6.45) is 2.72. The zero-order valence-corrected chi connectivity index (χ0v) is 13.0. The summed E-state index contributed by atoms with van der Waals surface area (Å²) in [5.41, 5.74) is 0. The van der Waals surface area contributed by atoms with Crippen molar-refractivity contribution in [1.29, 1.82) is 0 Å². The topological polar surface area (TPSA) is 78.5 Å². The first-order valence-corrected chi connectivity index (χ1v) is 8.56. The second-order valence-electron chi connectivity index (χ2n) is 5.49. The lowest BCUT2D eigenvalue weighted by atomic mass is 10.1. The fourth-order valence-electron chi connectivity index (χ4n) is 2.19. The molecule has 0 aliphatic carbocycles. The Kier molecular flexibility index (Phi) is 5.76. The minimum Gasteiger partial charge on any atom is -0.353 e. The van der Waals surface area contributed by atoms with E-state index < -0.39 is 10.0 Å². The minimum atomic E-state index is -3.08. The van der Waals surface area contributed by atoms with E-state index in [1.54, 1.807) is 0 Å². The second kappa shape index (κ2) is 6.67. The smallest absolute Gasteiger partial charge is 0.237 e. The average molecular weight is 291 g/mol. The highest BCUT2D eigenvalue weighted by molar-refractivity contribution is 7.88. The number of carbonyl (C=O) groups excluding carboxylic acids is 1. The average Bonchev–Trinajstić information content (AvgIpc) is 2.27. The van der Waals surface area contributed by atoms with Crippen LogP contribution in [0, 0.1) is 0 Å². The van der Waals surface area contributed by atoms with Crippen LogP contribution in [-0.2, 0) is 14.8 Å². The third kappa shape index (κ3) is 5.46. The van der Waals surface area contributed by atoms with E-state index in [2.05, 4.69) is 10.6 Å². The third-order valence-corrected chi connectivity index (χ3v) is 4.54. The Morgan fingerprint density at radius 2 is 1.74 bits per heavy atom. The zero-order chi connectivity index (χ0) is 14.6. The van der Waals surface area contributed by atoms with Crippen LogP contribution in [0.2, 0.25) is 0 Å².